The van der Waals surface area contributed by atoms with E-state index in [1.165, 1.54) is 12.0 Å². The van der Waals surface area contributed by atoms with Gasteiger partial charge in [-0.1, -0.05) is 84.7 Å². The average molecular weight is 508 g/mol. The first kappa shape index (κ1) is 35.7. The van der Waals surface area contributed by atoms with Crippen molar-refractivity contribution in [2.24, 2.45) is 17.4 Å². The number of hydrogen-bond acceptors (Lipinski definition) is 5. The first-order valence-corrected chi connectivity index (χ1v) is 13.6. The Morgan fingerprint density at radius 1 is 0.944 bits per heavy atom. The minimum atomic E-state index is -0.735. The number of benzene rings is 1. The summed E-state index contributed by atoms with van der Waals surface area (Å²) < 4.78 is 0. The van der Waals surface area contributed by atoms with Crippen molar-refractivity contribution in [1.82, 2.24) is 16.0 Å². The van der Waals surface area contributed by atoms with E-state index in [1.807, 2.05) is 45.9 Å². The number of primary amides is 1. The summed E-state index contributed by atoms with van der Waals surface area (Å²) in [6.45, 7) is 13.2. The molecule has 1 aromatic carbocycles. The smallest absolute Gasteiger partial charge is 0.240 e. The molecule has 1 aromatic rings. The number of unbranched alkanes of at least 4 members (excludes halogenated alkanes) is 1. The van der Waals surface area contributed by atoms with Gasteiger partial charge in [0.05, 0.1) is 12.6 Å². The Balaban J connectivity index is 0. The predicted octanol–water partition coefficient (Wildman–Crippen LogP) is 3.28. The second-order valence-electron chi connectivity index (χ2n) is 8.96. The number of carbonyl (C=O) groups excluding carboxylic acids is 3. The fourth-order valence-electron chi connectivity index (χ4n) is 3.29. The molecule has 0 heterocycles. The number of nitrogens with two attached hydrogens (primary N) is 2. The van der Waals surface area contributed by atoms with Crippen LogP contribution in [0.2, 0.25) is 0 Å². The molecule has 8 heteroatoms. The first-order chi connectivity index (χ1) is 17.2. The Hall–Kier alpha value is -2.45. The van der Waals surface area contributed by atoms with Gasteiger partial charge in [0, 0.05) is 0 Å². The highest BCUT2D eigenvalue weighted by molar-refractivity contribution is 5.90. The number of aryl methyl sites for hydroxylation is 1. The van der Waals surface area contributed by atoms with E-state index in [0.717, 1.165) is 25.7 Å². The molecule has 0 aromatic heterocycles. The number of nitrogens with one attached hydrogen (secondary N) is 3. The lowest BCUT2D eigenvalue weighted by atomic mass is 10.0. The minimum absolute atomic E-state index is 0.195. The van der Waals surface area contributed by atoms with Crippen molar-refractivity contribution in [3.05, 3.63) is 35.9 Å². The molecule has 0 bridgehead atoms. The van der Waals surface area contributed by atoms with Gasteiger partial charge in [0.1, 0.15) is 6.04 Å². The monoisotopic (exact) mass is 507 g/mol. The molecule has 0 fully saturated rings. The zero-order chi connectivity index (χ0) is 27.8. The highest BCUT2D eigenvalue weighted by atomic mass is 16.2. The van der Waals surface area contributed by atoms with Crippen molar-refractivity contribution >= 4 is 17.7 Å². The molecule has 0 spiro atoms. The van der Waals surface area contributed by atoms with E-state index in [2.05, 4.69) is 41.9 Å². The zero-order valence-corrected chi connectivity index (χ0v) is 23.6. The van der Waals surface area contributed by atoms with Crippen LogP contribution in [0.25, 0.3) is 0 Å². The highest BCUT2D eigenvalue weighted by Gasteiger charge is 2.21. The van der Waals surface area contributed by atoms with Crippen molar-refractivity contribution in [3.63, 3.8) is 0 Å². The van der Waals surface area contributed by atoms with E-state index in [0.29, 0.717) is 25.9 Å². The topological polar surface area (TPSA) is 139 Å². The summed E-state index contributed by atoms with van der Waals surface area (Å²) in [6.07, 6.45) is 5.85. The van der Waals surface area contributed by atoms with Gasteiger partial charge in [-0.25, -0.2) is 0 Å². The van der Waals surface area contributed by atoms with Gasteiger partial charge in [0.2, 0.25) is 17.7 Å². The van der Waals surface area contributed by atoms with Gasteiger partial charge in [-0.2, -0.15) is 0 Å². The predicted molar refractivity (Wildman–Crippen MR) is 150 cm³/mol. The van der Waals surface area contributed by atoms with Gasteiger partial charge in [-0.15, -0.1) is 0 Å². The summed E-state index contributed by atoms with van der Waals surface area (Å²) >= 11 is 0. The van der Waals surface area contributed by atoms with E-state index >= 15 is 0 Å². The molecular formula is C28H53N5O3. The summed E-state index contributed by atoms with van der Waals surface area (Å²) in [4.78, 5) is 36.3. The van der Waals surface area contributed by atoms with Gasteiger partial charge < -0.3 is 27.4 Å². The van der Waals surface area contributed by atoms with Crippen molar-refractivity contribution in [3.8, 4) is 0 Å². The number of carbonyl (C=O) groups is 3. The van der Waals surface area contributed by atoms with Gasteiger partial charge in [0.15, 0.2) is 0 Å². The van der Waals surface area contributed by atoms with E-state index < -0.39 is 23.9 Å². The van der Waals surface area contributed by atoms with Crippen LogP contribution in [0.15, 0.2) is 30.3 Å². The fraction of sp³-hybridized carbons (Fsp3) is 0.679. The standard InChI is InChI=1S/C23H39N5O3.C3H8.C2H6/c1-17(2)15-20(22(25)30)28-21(29)16-27-23(31)19(12-6-7-13-24)26-14-8-11-18-9-4-3-5-10-18;1-3-2;1-2/h3-5,9-10,17,19-20,26H,6-8,11-16,24H2,1-2H3,(H2,25,30)(H,27,31)(H,28,29);3H2,1-2H3;1-2H3/t19-,20?;;/m0../s1. The molecule has 7 N–H and O–H groups in total. The van der Waals surface area contributed by atoms with Gasteiger partial charge in [0.25, 0.3) is 0 Å². The van der Waals surface area contributed by atoms with Gasteiger partial charge in [-0.3, -0.25) is 14.4 Å². The first-order valence-electron chi connectivity index (χ1n) is 13.6. The summed E-state index contributed by atoms with van der Waals surface area (Å²) in [7, 11) is 0. The highest BCUT2D eigenvalue weighted by Crippen LogP contribution is 2.05. The maximum Gasteiger partial charge on any atom is 0.240 e. The summed E-state index contributed by atoms with van der Waals surface area (Å²) in [5, 5.41) is 8.57. The van der Waals surface area contributed by atoms with Crippen molar-refractivity contribution < 1.29 is 14.4 Å². The lowest BCUT2D eigenvalue weighted by Crippen LogP contribution is -2.51. The normalized spacial score (nSPS) is 11.8. The molecule has 36 heavy (non-hydrogen) atoms. The molecule has 3 amide bonds. The molecule has 0 radical (unpaired) electrons. The molecule has 208 valence electrons. The Bertz CT molecular complexity index is 683. The largest absolute Gasteiger partial charge is 0.368 e. The lowest BCUT2D eigenvalue weighted by molar-refractivity contribution is -0.129. The van der Waals surface area contributed by atoms with Crippen LogP contribution in [-0.4, -0.2) is 49.4 Å². The van der Waals surface area contributed by atoms with Crippen LogP contribution in [-0.2, 0) is 20.8 Å². The molecule has 0 aliphatic heterocycles. The number of rotatable bonds is 16. The Labute approximate surface area is 219 Å². The number of amides is 3. The van der Waals surface area contributed by atoms with Gasteiger partial charge in [-0.05, 0) is 56.7 Å². The van der Waals surface area contributed by atoms with Crippen molar-refractivity contribution in [2.75, 3.05) is 19.6 Å². The molecule has 1 rings (SSSR count). The molecule has 0 saturated carbocycles. The van der Waals surface area contributed by atoms with Crippen LogP contribution in [0.1, 0.15) is 85.6 Å². The minimum Gasteiger partial charge on any atom is -0.368 e. The second-order valence-corrected chi connectivity index (χ2v) is 8.96. The third-order valence-electron chi connectivity index (χ3n) is 4.95. The molecule has 0 aliphatic rings. The average Bonchev–Trinajstić information content (AvgIpc) is 2.85. The third kappa shape index (κ3) is 19.8. The van der Waals surface area contributed by atoms with Crippen LogP contribution >= 0.6 is 0 Å². The van der Waals surface area contributed by atoms with E-state index in [4.69, 9.17) is 11.5 Å². The van der Waals surface area contributed by atoms with Crippen molar-refractivity contribution in [1.29, 1.82) is 0 Å². The fourth-order valence-corrected chi connectivity index (χ4v) is 3.29. The Kier molecular flexibility index (Phi) is 24.1. The molecule has 0 saturated heterocycles. The summed E-state index contributed by atoms with van der Waals surface area (Å²) in [5.74, 6) is -1.03. The van der Waals surface area contributed by atoms with Crippen LogP contribution in [0, 0.1) is 5.92 Å². The van der Waals surface area contributed by atoms with Crippen LogP contribution < -0.4 is 27.4 Å². The summed E-state index contributed by atoms with van der Waals surface area (Å²) in [6, 6.07) is 9.07. The van der Waals surface area contributed by atoms with Gasteiger partial charge >= 0.3 is 0 Å². The zero-order valence-electron chi connectivity index (χ0n) is 23.6. The molecule has 8 nitrogen and oxygen atoms in total. The maximum absolute atomic E-state index is 12.6. The van der Waals surface area contributed by atoms with Crippen LogP contribution in [0.4, 0.5) is 0 Å². The molecule has 2 atom stereocenters. The maximum atomic E-state index is 12.6. The van der Waals surface area contributed by atoms with Crippen LogP contribution in [0.3, 0.4) is 0 Å². The third-order valence-corrected chi connectivity index (χ3v) is 4.95. The lowest BCUT2D eigenvalue weighted by Gasteiger charge is -2.20. The Morgan fingerprint density at radius 3 is 2.08 bits per heavy atom. The SMILES string of the molecule is CC.CC(C)CC(NC(=O)CNC(=O)[C@H](CCCCN)NCCCc1ccccc1)C(N)=O.CCC. The van der Waals surface area contributed by atoms with Crippen molar-refractivity contribution in [2.45, 2.75) is 98.6 Å². The molecular weight excluding hydrogens is 454 g/mol. The van der Waals surface area contributed by atoms with Crippen LogP contribution in [0.5, 0.6) is 0 Å². The molecule has 1 unspecified atom stereocenters. The molecule has 0 aliphatic carbocycles. The number of hydrogen-bond donors (Lipinski definition) is 5. The van der Waals surface area contributed by atoms with E-state index in [-0.39, 0.29) is 18.4 Å². The second kappa shape index (κ2) is 24.3. The Morgan fingerprint density at radius 2 is 1.56 bits per heavy atom. The van der Waals surface area contributed by atoms with E-state index in [9.17, 15) is 14.4 Å². The quantitative estimate of drug-likeness (QED) is 0.219. The van der Waals surface area contributed by atoms with E-state index in [1.54, 1.807) is 0 Å². The summed E-state index contributed by atoms with van der Waals surface area (Å²) in [5.41, 5.74) is 12.2.